The number of carboxylic acid groups (broad SMARTS) is 1. The Morgan fingerprint density at radius 2 is 1.95 bits per heavy atom. The molecule has 7 nitrogen and oxygen atoms in total. The molecular formula is C13H21NO6S. The first kappa shape index (κ1) is 17.7. The summed E-state index contributed by atoms with van der Waals surface area (Å²) < 4.78 is 31.9. The molecule has 120 valence electrons. The van der Waals surface area contributed by atoms with Gasteiger partial charge in [0.15, 0.2) is 0 Å². The van der Waals surface area contributed by atoms with Gasteiger partial charge in [0.05, 0.1) is 0 Å². The van der Waals surface area contributed by atoms with E-state index in [1.807, 2.05) is 6.92 Å². The Hall–Kier alpha value is -1.38. The minimum atomic E-state index is -3.94. The zero-order chi connectivity index (χ0) is 16.2. The van der Waals surface area contributed by atoms with Crippen LogP contribution in [-0.2, 0) is 10.0 Å². The zero-order valence-electron chi connectivity index (χ0n) is 12.3. The molecule has 0 aliphatic carbocycles. The standard InChI is InChI=1S/C13H21NO6S/c1-8(7-15)5-4-6-14-21(18,19)12-10(3)20-9(2)11(12)13(16)17/h8,14-15H,4-7H2,1-3H3,(H,16,17). The van der Waals surface area contributed by atoms with Gasteiger partial charge in [-0.25, -0.2) is 17.9 Å². The largest absolute Gasteiger partial charge is 0.478 e. The van der Waals surface area contributed by atoms with E-state index in [1.54, 1.807) is 0 Å². The molecule has 0 radical (unpaired) electrons. The highest BCUT2D eigenvalue weighted by Gasteiger charge is 2.30. The van der Waals surface area contributed by atoms with Gasteiger partial charge in [0.25, 0.3) is 0 Å². The highest BCUT2D eigenvalue weighted by Crippen LogP contribution is 2.26. The molecule has 0 saturated carbocycles. The van der Waals surface area contributed by atoms with Crippen LogP contribution in [0.2, 0.25) is 0 Å². The lowest BCUT2D eigenvalue weighted by Gasteiger charge is -2.09. The average molecular weight is 319 g/mol. The molecule has 1 heterocycles. The Morgan fingerprint density at radius 1 is 1.33 bits per heavy atom. The smallest absolute Gasteiger partial charge is 0.340 e. The molecule has 1 unspecified atom stereocenters. The molecule has 0 bridgehead atoms. The first-order valence-corrected chi connectivity index (χ1v) is 8.12. The molecule has 0 amide bonds. The Balaban J connectivity index is 2.87. The fourth-order valence-corrected chi connectivity index (χ4v) is 3.53. The van der Waals surface area contributed by atoms with Crippen LogP contribution in [0, 0.1) is 19.8 Å². The van der Waals surface area contributed by atoms with Crippen molar-refractivity contribution in [2.75, 3.05) is 13.2 Å². The molecule has 1 rings (SSSR count). The first-order chi connectivity index (χ1) is 9.70. The summed E-state index contributed by atoms with van der Waals surface area (Å²) in [5.74, 6) is -1.11. The van der Waals surface area contributed by atoms with Gasteiger partial charge in [0.1, 0.15) is 22.0 Å². The molecule has 1 aromatic rings. The third kappa shape index (κ3) is 4.29. The summed E-state index contributed by atoms with van der Waals surface area (Å²) in [7, 11) is -3.94. The fraction of sp³-hybridized carbons (Fsp3) is 0.615. The molecule has 1 aromatic heterocycles. The van der Waals surface area contributed by atoms with E-state index in [-0.39, 0.29) is 41.0 Å². The van der Waals surface area contributed by atoms with Crippen molar-refractivity contribution in [3.63, 3.8) is 0 Å². The van der Waals surface area contributed by atoms with E-state index in [0.717, 1.165) is 0 Å². The number of furan rings is 1. The number of carbonyl (C=O) groups is 1. The maximum Gasteiger partial charge on any atom is 0.340 e. The SMILES string of the molecule is Cc1oc(C)c(S(=O)(=O)NCCCC(C)CO)c1C(=O)O. The summed E-state index contributed by atoms with van der Waals surface area (Å²) in [6.07, 6.45) is 1.23. The molecule has 0 aliphatic rings. The minimum absolute atomic E-state index is 0.0515. The number of rotatable bonds is 8. The van der Waals surface area contributed by atoms with E-state index in [2.05, 4.69) is 4.72 Å². The quantitative estimate of drug-likeness (QED) is 0.621. The van der Waals surface area contributed by atoms with Crippen molar-refractivity contribution >= 4 is 16.0 Å². The van der Waals surface area contributed by atoms with Crippen LogP contribution >= 0.6 is 0 Å². The highest BCUT2D eigenvalue weighted by atomic mass is 32.2. The maximum atomic E-state index is 12.2. The van der Waals surface area contributed by atoms with Gasteiger partial charge in [-0.15, -0.1) is 0 Å². The Labute approximate surface area is 124 Å². The van der Waals surface area contributed by atoms with Crippen molar-refractivity contribution in [1.29, 1.82) is 0 Å². The van der Waals surface area contributed by atoms with Crippen molar-refractivity contribution in [3.8, 4) is 0 Å². The normalized spacial score (nSPS) is 13.3. The van der Waals surface area contributed by atoms with Crippen molar-refractivity contribution in [2.24, 2.45) is 5.92 Å². The molecule has 0 fully saturated rings. The van der Waals surface area contributed by atoms with E-state index < -0.39 is 16.0 Å². The van der Waals surface area contributed by atoms with Crippen LogP contribution in [0.15, 0.2) is 9.31 Å². The molecule has 0 aromatic carbocycles. The van der Waals surface area contributed by atoms with Gasteiger partial charge in [-0.3, -0.25) is 0 Å². The monoisotopic (exact) mass is 319 g/mol. The number of sulfonamides is 1. The molecule has 3 N–H and O–H groups in total. The number of aliphatic hydroxyl groups is 1. The third-order valence-corrected chi connectivity index (χ3v) is 4.78. The van der Waals surface area contributed by atoms with Crippen LogP contribution in [0.3, 0.4) is 0 Å². The fourth-order valence-electron chi connectivity index (χ4n) is 2.05. The maximum absolute atomic E-state index is 12.2. The molecule has 21 heavy (non-hydrogen) atoms. The first-order valence-electron chi connectivity index (χ1n) is 6.64. The summed E-state index contributed by atoms with van der Waals surface area (Å²) in [4.78, 5) is 10.9. The summed E-state index contributed by atoms with van der Waals surface area (Å²) in [5, 5.41) is 18.0. The second-order valence-corrected chi connectivity index (χ2v) is 6.76. The number of aliphatic hydroxyl groups excluding tert-OH is 1. The predicted molar refractivity (Wildman–Crippen MR) is 75.8 cm³/mol. The summed E-state index contributed by atoms with van der Waals surface area (Å²) in [6, 6.07) is 0. The number of hydrogen-bond donors (Lipinski definition) is 3. The van der Waals surface area contributed by atoms with Gasteiger partial charge in [-0.05, 0) is 32.6 Å². The van der Waals surface area contributed by atoms with E-state index in [4.69, 9.17) is 14.6 Å². The Kier molecular flexibility index (Phi) is 5.94. The topological polar surface area (TPSA) is 117 Å². The van der Waals surface area contributed by atoms with Crippen LogP contribution in [0.25, 0.3) is 0 Å². The molecule has 0 aliphatic heterocycles. The number of carboxylic acids is 1. The van der Waals surface area contributed by atoms with E-state index in [9.17, 15) is 13.2 Å². The summed E-state index contributed by atoms with van der Waals surface area (Å²) >= 11 is 0. The van der Waals surface area contributed by atoms with Gasteiger partial charge in [-0.1, -0.05) is 6.92 Å². The van der Waals surface area contributed by atoms with Crippen molar-refractivity contribution in [2.45, 2.75) is 38.5 Å². The average Bonchev–Trinajstić information content (AvgIpc) is 2.70. The van der Waals surface area contributed by atoms with Gasteiger partial charge in [-0.2, -0.15) is 0 Å². The molecule has 0 spiro atoms. The van der Waals surface area contributed by atoms with E-state index >= 15 is 0 Å². The predicted octanol–water partition coefficient (Wildman–Crippen LogP) is 1.28. The van der Waals surface area contributed by atoms with Gasteiger partial charge in [0.2, 0.25) is 10.0 Å². The van der Waals surface area contributed by atoms with Crippen LogP contribution in [-0.4, -0.2) is 37.8 Å². The molecular weight excluding hydrogens is 298 g/mol. The summed E-state index contributed by atoms with van der Waals surface area (Å²) in [6.45, 7) is 4.92. The second-order valence-electron chi connectivity index (χ2n) is 5.05. The van der Waals surface area contributed by atoms with Gasteiger partial charge >= 0.3 is 5.97 Å². The highest BCUT2D eigenvalue weighted by molar-refractivity contribution is 7.89. The minimum Gasteiger partial charge on any atom is -0.478 e. The number of nitrogens with one attached hydrogen (secondary N) is 1. The van der Waals surface area contributed by atoms with Crippen LogP contribution in [0.1, 0.15) is 41.6 Å². The summed E-state index contributed by atoms with van der Waals surface area (Å²) in [5.41, 5.74) is -0.330. The van der Waals surface area contributed by atoms with Crippen molar-refractivity contribution in [3.05, 3.63) is 17.1 Å². The number of hydrogen-bond acceptors (Lipinski definition) is 5. The Bertz CT molecular complexity index is 604. The number of aromatic carboxylic acids is 1. The lowest BCUT2D eigenvalue weighted by Crippen LogP contribution is -2.27. The third-order valence-electron chi connectivity index (χ3n) is 3.17. The van der Waals surface area contributed by atoms with Crippen LogP contribution in [0.4, 0.5) is 0 Å². The van der Waals surface area contributed by atoms with Gasteiger partial charge in [0, 0.05) is 13.2 Å². The molecule has 8 heteroatoms. The van der Waals surface area contributed by atoms with E-state index in [1.165, 1.54) is 13.8 Å². The zero-order valence-corrected chi connectivity index (χ0v) is 13.2. The lowest BCUT2D eigenvalue weighted by molar-refractivity contribution is 0.0691. The van der Waals surface area contributed by atoms with Crippen molar-refractivity contribution < 1.29 is 27.8 Å². The molecule has 1 atom stereocenters. The van der Waals surface area contributed by atoms with E-state index in [0.29, 0.717) is 12.8 Å². The van der Waals surface area contributed by atoms with Crippen LogP contribution < -0.4 is 4.72 Å². The number of aryl methyl sites for hydroxylation is 2. The second kappa shape index (κ2) is 7.06. The lowest BCUT2D eigenvalue weighted by atomic mass is 10.1. The Morgan fingerprint density at radius 3 is 2.48 bits per heavy atom. The van der Waals surface area contributed by atoms with Gasteiger partial charge < -0.3 is 14.6 Å². The van der Waals surface area contributed by atoms with Crippen LogP contribution in [0.5, 0.6) is 0 Å². The van der Waals surface area contributed by atoms with Crippen molar-refractivity contribution in [1.82, 2.24) is 4.72 Å². The molecule has 0 saturated heterocycles.